The molecule has 3 aromatic carbocycles. The fraction of sp³-hybridized carbons (Fsp3) is 0.300. The molecule has 9 nitrogen and oxygen atoms in total. The van der Waals surface area contributed by atoms with Crippen LogP contribution in [0.2, 0.25) is 0 Å². The van der Waals surface area contributed by atoms with Crippen molar-refractivity contribution < 1.29 is 19.0 Å². The SMILES string of the molecule is COc1cc2ncnc(Oc3cc(C(=O)Nc4ccc(CN5CCN(C)CC5)cc4)ccc3C)c2cc1OC. The van der Waals surface area contributed by atoms with Crippen LogP contribution in [0.25, 0.3) is 10.9 Å². The highest BCUT2D eigenvalue weighted by molar-refractivity contribution is 6.04. The van der Waals surface area contributed by atoms with E-state index in [-0.39, 0.29) is 5.91 Å². The van der Waals surface area contributed by atoms with E-state index in [2.05, 4.69) is 44.3 Å². The fourth-order valence-corrected chi connectivity index (χ4v) is 4.56. The second-order valence-electron chi connectivity index (χ2n) is 9.72. The molecule has 202 valence electrons. The second kappa shape index (κ2) is 11.7. The number of piperazine rings is 1. The number of likely N-dealkylation sites (N-methyl/N-ethyl adjacent to an activating group) is 1. The number of ether oxygens (including phenoxy) is 3. The zero-order valence-electron chi connectivity index (χ0n) is 22.7. The van der Waals surface area contributed by atoms with Crippen molar-refractivity contribution in [3.63, 3.8) is 0 Å². The topological polar surface area (TPSA) is 89.0 Å². The summed E-state index contributed by atoms with van der Waals surface area (Å²) < 4.78 is 17.0. The van der Waals surface area contributed by atoms with Gasteiger partial charge in [0.1, 0.15) is 12.1 Å². The molecule has 39 heavy (non-hydrogen) atoms. The van der Waals surface area contributed by atoms with Gasteiger partial charge in [0.25, 0.3) is 5.91 Å². The molecule has 0 aliphatic carbocycles. The summed E-state index contributed by atoms with van der Waals surface area (Å²) in [6.45, 7) is 7.15. The third-order valence-corrected chi connectivity index (χ3v) is 6.97. The molecule has 2 heterocycles. The van der Waals surface area contributed by atoms with Gasteiger partial charge in [0.05, 0.1) is 25.1 Å². The Balaban J connectivity index is 1.30. The van der Waals surface area contributed by atoms with E-state index in [1.54, 1.807) is 38.5 Å². The molecular weight excluding hydrogens is 494 g/mol. The maximum absolute atomic E-state index is 13.1. The number of fused-ring (bicyclic) bond motifs is 1. The van der Waals surface area contributed by atoms with Crippen LogP contribution in [0.3, 0.4) is 0 Å². The van der Waals surface area contributed by atoms with Gasteiger partial charge in [-0.05, 0) is 55.4 Å². The van der Waals surface area contributed by atoms with E-state index in [9.17, 15) is 4.79 Å². The largest absolute Gasteiger partial charge is 0.493 e. The first-order valence-electron chi connectivity index (χ1n) is 12.9. The van der Waals surface area contributed by atoms with Crippen molar-refractivity contribution in [3.05, 3.63) is 77.6 Å². The van der Waals surface area contributed by atoms with Gasteiger partial charge in [0, 0.05) is 50.0 Å². The fourth-order valence-electron chi connectivity index (χ4n) is 4.56. The molecule has 5 rings (SSSR count). The highest BCUT2D eigenvalue weighted by atomic mass is 16.5. The minimum absolute atomic E-state index is 0.217. The van der Waals surface area contributed by atoms with Crippen LogP contribution in [0.5, 0.6) is 23.1 Å². The number of anilines is 1. The number of amides is 1. The van der Waals surface area contributed by atoms with Gasteiger partial charge in [-0.2, -0.15) is 0 Å². The predicted molar refractivity (Wildman–Crippen MR) is 151 cm³/mol. The zero-order chi connectivity index (χ0) is 27.4. The van der Waals surface area contributed by atoms with Crippen LogP contribution < -0.4 is 19.5 Å². The number of methoxy groups -OCH3 is 2. The number of carbonyl (C=O) groups excluding carboxylic acids is 1. The van der Waals surface area contributed by atoms with Crippen LogP contribution in [-0.2, 0) is 6.54 Å². The van der Waals surface area contributed by atoms with Crippen molar-refractivity contribution in [3.8, 4) is 23.1 Å². The molecule has 1 aliphatic heterocycles. The number of nitrogens with one attached hydrogen (secondary N) is 1. The quantitative estimate of drug-likeness (QED) is 0.351. The number of hydrogen-bond acceptors (Lipinski definition) is 8. The molecule has 0 radical (unpaired) electrons. The Morgan fingerprint density at radius 1 is 0.897 bits per heavy atom. The zero-order valence-corrected chi connectivity index (χ0v) is 22.7. The van der Waals surface area contributed by atoms with Gasteiger partial charge in [-0.15, -0.1) is 0 Å². The molecule has 1 aliphatic rings. The minimum atomic E-state index is -0.217. The lowest BCUT2D eigenvalue weighted by Crippen LogP contribution is -2.43. The smallest absolute Gasteiger partial charge is 0.255 e. The Hall–Kier alpha value is -4.21. The number of carbonyl (C=O) groups is 1. The summed E-state index contributed by atoms with van der Waals surface area (Å²) in [6.07, 6.45) is 1.43. The molecule has 0 atom stereocenters. The van der Waals surface area contributed by atoms with Crippen LogP contribution >= 0.6 is 0 Å². The predicted octanol–water partition coefficient (Wildman–Crippen LogP) is 4.75. The molecular formula is C30H33N5O4. The van der Waals surface area contributed by atoms with Crippen molar-refractivity contribution in [2.45, 2.75) is 13.5 Å². The summed E-state index contributed by atoms with van der Waals surface area (Å²) >= 11 is 0. The third kappa shape index (κ3) is 6.10. The summed E-state index contributed by atoms with van der Waals surface area (Å²) in [5.41, 5.74) is 3.98. The number of nitrogens with zero attached hydrogens (tertiary/aromatic N) is 4. The van der Waals surface area contributed by atoms with Gasteiger partial charge in [-0.25, -0.2) is 9.97 Å². The molecule has 0 unspecified atom stereocenters. The minimum Gasteiger partial charge on any atom is -0.493 e. The third-order valence-electron chi connectivity index (χ3n) is 6.97. The highest BCUT2D eigenvalue weighted by Gasteiger charge is 2.16. The van der Waals surface area contributed by atoms with Crippen LogP contribution in [-0.4, -0.2) is 73.1 Å². The van der Waals surface area contributed by atoms with Crippen LogP contribution in [0, 0.1) is 6.92 Å². The Kier molecular flexibility index (Phi) is 7.90. The van der Waals surface area contributed by atoms with Gasteiger partial charge < -0.3 is 24.4 Å². The number of hydrogen-bond donors (Lipinski definition) is 1. The summed E-state index contributed by atoms with van der Waals surface area (Å²) in [5, 5.41) is 3.66. The molecule has 0 saturated carbocycles. The first-order valence-corrected chi connectivity index (χ1v) is 12.9. The van der Waals surface area contributed by atoms with E-state index in [0.717, 1.165) is 44.0 Å². The van der Waals surface area contributed by atoms with Crippen molar-refractivity contribution in [1.29, 1.82) is 0 Å². The lowest BCUT2D eigenvalue weighted by Gasteiger charge is -2.32. The summed E-state index contributed by atoms with van der Waals surface area (Å²) in [7, 11) is 5.30. The number of rotatable bonds is 8. The van der Waals surface area contributed by atoms with Gasteiger partial charge in [-0.1, -0.05) is 18.2 Å². The van der Waals surface area contributed by atoms with Crippen LogP contribution in [0.15, 0.2) is 60.9 Å². The highest BCUT2D eigenvalue weighted by Crippen LogP contribution is 2.36. The van der Waals surface area contributed by atoms with Crippen LogP contribution in [0.1, 0.15) is 21.5 Å². The van der Waals surface area contributed by atoms with Crippen LogP contribution in [0.4, 0.5) is 5.69 Å². The second-order valence-corrected chi connectivity index (χ2v) is 9.72. The van der Waals surface area contributed by atoms with Gasteiger partial charge in [0.15, 0.2) is 11.5 Å². The average Bonchev–Trinajstić information content (AvgIpc) is 2.95. The van der Waals surface area contributed by atoms with E-state index >= 15 is 0 Å². The van der Waals surface area contributed by atoms with E-state index < -0.39 is 0 Å². The molecule has 1 amide bonds. The molecule has 1 N–H and O–H groups in total. The standard InChI is InChI=1S/C30H33N5O4/c1-20-5-8-22(29(36)33-23-9-6-21(7-10-23)18-35-13-11-34(2)12-14-35)15-26(20)39-30-24-16-27(37-3)28(38-4)17-25(24)31-19-32-30/h5-10,15-17,19H,11-14,18H2,1-4H3,(H,33,36). The molecule has 9 heteroatoms. The lowest BCUT2D eigenvalue weighted by molar-refractivity contribution is 0.102. The Bertz CT molecular complexity index is 1470. The van der Waals surface area contributed by atoms with Gasteiger partial charge in [-0.3, -0.25) is 9.69 Å². The Labute approximate surface area is 228 Å². The number of aryl methyl sites for hydroxylation is 1. The van der Waals surface area contributed by atoms with Crippen molar-refractivity contribution in [2.75, 3.05) is 52.8 Å². The maximum Gasteiger partial charge on any atom is 0.255 e. The van der Waals surface area contributed by atoms with E-state index in [4.69, 9.17) is 14.2 Å². The normalized spacial score (nSPS) is 14.3. The average molecular weight is 528 g/mol. The van der Waals surface area contributed by atoms with E-state index in [1.807, 2.05) is 25.1 Å². The molecule has 1 aromatic heterocycles. The number of benzene rings is 3. The Morgan fingerprint density at radius 2 is 1.62 bits per heavy atom. The first kappa shape index (κ1) is 26.4. The van der Waals surface area contributed by atoms with Crippen molar-refractivity contribution >= 4 is 22.5 Å². The molecule has 4 aromatic rings. The summed E-state index contributed by atoms with van der Waals surface area (Å²) in [5.74, 6) is 1.78. The lowest BCUT2D eigenvalue weighted by atomic mass is 10.1. The van der Waals surface area contributed by atoms with Crippen molar-refractivity contribution in [1.82, 2.24) is 19.8 Å². The van der Waals surface area contributed by atoms with E-state index in [1.165, 1.54) is 11.9 Å². The molecule has 0 spiro atoms. The monoisotopic (exact) mass is 527 g/mol. The van der Waals surface area contributed by atoms with Gasteiger partial charge in [0.2, 0.25) is 5.88 Å². The Morgan fingerprint density at radius 3 is 2.33 bits per heavy atom. The summed E-state index contributed by atoms with van der Waals surface area (Å²) in [4.78, 5) is 26.6. The van der Waals surface area contributed by atoms with Crippen molar-refractivity contribution in [2.24, 2.45) is 0 Å². The number of aromatic nitrogens is 2. The van der Waals surface area contributed by atoms with E-state index in [0.29, 0.717) is 39.6 Å². The molecule has 0 bridgehead atoms. The first-order chi connectivity index (χ1) is 18.9. The molecule has 1 fully saturated rings. The summed E-state index contributed by atoms with van der Waals surface area (Å²) in [6, 6.07) is 17.0. The maximum atomic E-state index is 13.1. The molecule has 1 saturated heterocycles. The van der Waals surface area contributed by atoms with Gasteiger partial charge >= 0.3 is 0 Å².